The Kier molecular flexibility index (Phi) is 7.94. The van der Waals surface area contributed by atoms with Crippen molar-refractivity contribution in [3.8, 4) is 11.3 Å². The molecule has 2 heterocycles. The molecule has 0 fully saturated rings. The molecule has 1 aromatic rings. The first-order valence-corrected chi connectivity index (χ1v) is 11.8. The number of likely N-dealkylation sites (N-methyl/N-ethyl adjacent to an activating group) is 2. The van der Waals surface area contributed by atoms with Gasteiger partial charge in [-0.1, -0.05) is 57.4 Å². The lowest BCUT2D eigenvalue weighted by Gasteiger charge is -2.38. The fourth-order valence-corrected chi connectivity index (χ4v) is 4.37. The summed E-state index contributed by atoms with van der Waals surface area (Å²) in [5.41, 5.74) is 6.01. The van der Waals surface area contributed by atoms with Gasteiger partial charge in [-0.15, -0.1) is 0 Å². The molecule has 1 aromatic carbocycles. The maximum Gasteiger partial charge on any atom is 0.182 e. The van der Waals surface area contributed by atoms with Crippen LogP contribution in [-0.4, -0.2) is 26.2 Å². The van der Waals surface area contributed by atoms with Crippen LogP contribution in [0.15, 0.2) is 83.1 Å². The number of hydrogen-bond acceptors (Lipinski definition) is 4. The molecule has 0 unspecified atom stereocenters. The van der Waals surface area contributed by atoms with Gasteiger partial charge in [-0.2, -0.15) is 0 Å². The minimum atomic E-state index is -0.0669. The van der Waals surface area contributed by atoms with Gasteiger partial charge < -0.3 is 14.2 Å². The zero-order valence-corrected chi connectivity index (χ0v) is 20.2. The third kappa shape index (κ3) is 4.65. The summed E-state index contributed by atoms with van der Waals surface area (Å²) in [6, 6.07) is 9.36. The average Bonchev–Trinajstić information content (AvgIpc) is 2.84. The Hall–Kier alpha value is -3.53. The first-order valence-electron chi connectivity index (χ1n) is 11.8. The van der Waals surface area contributed by atoms with Crippen LogP contribution >= 0.6 is 0 Å². The molecule has 3 aliphatic rings. The molecule has 4 heteroatoms. The van der Waals surface area contributed by atoms with Gasteiger partial charge in [0.15, 0.2) is 5.43 Å². The zero-order valence-electron chi connectivity index (χ0n) is 20.2. The predicted octanol–water partition coefficient (Wildman–Crippen LogP) is 6.90. The van der Waals surface area contributed by atoms with Gasteiger partial charge in [-0.3, -0.25) is 4.79 Å². The summed E-state index contributed by atoms with van der Waals surface area (Å²) in [6.45, 7) is 19.9. The van der Waals surface area contributed by atoms with E-state index in [0.717, 1.165) is 53.8 Å². The summed E-state index contributed by atoms with van der Waals surface area (Å²) in [5, 5.41) is 1.02. The maximum absolute atomic E-state index is 12.1. The van der Waals surface area contributed by atoms with E-state index in [4.69, 9.17) is 4.42 Å². The van der Waals surface area contributed by atoms with Crippen molar-refractivity contribution in [1.82, 2.24) is 0 Å². The maximum atomic E-state index is 12.1. The average molecular weight is 443 g/mol. The molecule has 0 aromatic heterocycles. The fraction of sp³-hybridized carbons (Fsp3) is 0.276. The molecule has 4 rings (SSSR count). The van der Waals surface area contributed by atoms with Gasteiger partial charge in [-0.05, 0) is 37.6 Å². The predicted molar refractivity (Wildman–Crippen MR) is 144 cm³/mol. The summed E-state index contributed by atoms with van der Waals surface area (Å²) in [7, 11) is 0. The molecule has 0 atom stereocenters. The Labute approximate surface area is 197 Å². The standard InChI is InChI=1S/C27H28N2O2.C2H6/c1-5-9-11-19(10-6-2)27-21-13-12-20(30)16-25(21)31-26-18-24-23(17-22(26)27)28(7-3)14-15-29(24)8-4;1-2/h5-6,9-13,16-18H,1-2,7-8,14-15H2,3-4H3;1-2H3/b11-9-,19-10+;. The van der Waals surface area contributed by atoms with Crippen LogP contribution in [0.2, 0.25) is 0 Å². The van der Waals surface area contributed by atoms with E-state index in [1.165, 1.54) is 11.4 Å². The van der Waals surface area contributed by atoms with Crippen LogP contribution in [0, 0.1) is 0 Å². The van der Waals surface area contributed by atoms with Crippen molar-refractivity contribution in [2.75, 3.05) is 36.0 Å². The van der Waals surface area contributed by atoms with Gasteiger partial charge in [0.25, 0.3) is 0 Å². The van der Waals surface area contributed by atoms with Crippen LogP contribution in [-0.2, 0) is 0 Å². The third-order valence-electron chi connectivity index (χ3n) is 5.87. The Morgan fingerprint density at radius 3 is 2.27 bits per heavy atom. The van der Waals surface area contributed by atoms with Crippen LogP contribution in [0.25, 0.3) is 27.9 Å². The Morgan fingerprint density at radius 1 is 1.00 bits per heavy atom. The van der Waals surface area contributed by atoms with E-state index < -0.39 is 0 Å². The highest BCUT2D eigenvalue weighted by Gasteiger charge is 2.25. The second-order valence-corrected chi connectivity index (χ2v) is 7.58. The highest BCUT2D eigenvalue weighted by molar-refractivity contribution is 6.04. The van der Waals surface area contributed by atoms with Crippen LogP contribution in [0.4, 0.5) is 11.4 Å². The monoisotopic (exact) mass is 442 g/mol. The summed E-state index contributed by atoms with van der Waals surface area (Å²) in [6.07, 6.45) is 9.44. The van der Waals surface area contributed by atoms with E-state index in [1.807, 2.05) is 38.1 Å². The molecular weight excluding hydrogens is 408 g/mol. The quantitative estimate of drug-likeness (QED) is 0.307. The van der Waals surface area contributed by atoms with Crippen molar-refractivity contribution in [2.24, 2.45) is 0 Å². The fourth-order valence-electron chi connectivity index (χ4n) is 4.37. The van der Waals surface area contributed by atoms with Crippen molar-refractivity contribution in [3.63, 3.8) is 0 Å². The van der Waals surface area contributed by atoms with Crippen molar-refractivity contribution in [1.29, 1.82) is 0 Å². The minimum Gasteiger partial charge on any atom is -0.456 e. The summed E-state index contributed by atoms with van der Waals surface area (Å²) in [5.74, 6) is 0.586. The smallest absolute Gasteiger partial charge is 0.182 e. The molecular formula is C29H34N2O2. The van der Waals surface area contributed by atoms with Crippen LogP contribution in [0.3, 0.4) is 0 Å². The number of hydrogen-bond donors (Lipinski definition) is 0. The minimum absolute atomic E-state index is 0.0669. The Balaban J connectivity index is 0.00000149. The van der Waals surface area contributed by atoms with Crippen LogP contribution in [0.5, 0.6) is 0 Å². The normalized spacial score (nSPS) is 13.8. The van der Waals surface area contributed by atoms with Gasteiger partial charge in [0, 0.05) is 54.8 Å². The molecule has 0 N–H and O–H groups in total. The second kappa shape index (κ2) is 10.9. The van der Waals surface area contributed by atoms with E-state index in [9.17, 15) is 4.79 Å². The molecule has 2 aliphatic heterocycles. The lowest BCUT2D eigenvalue weighted by molar-refractivity contribution is 0.617. The number of allylic oxidation sites excluding steroid dienone is 6. The Bertz CT molecular complexity index is 1230. The first-order chi connectivity index (χ1) is 16.1. The van der Waals surface area contributed by atoms with E-state index in [-0.39, 0.29) is 5.43 Å². The molecule has 4 nitrogen and oxygen atoms in total. The molecule has 172 valence electrons. The van der Waals surface area contributed by atoms with Gasteiger partial charge in [0.05, 0.1) is 11.4 Å². The SMILES string of the molecule is C=C/C=C\C(=C/C=C)c1c2ccc(=O)cc-2oc2cc3c(cc12)N(CC)CCN3CC.CC. The van der Waals surface area contributed by atoms with E-state index in [1.54, 1.807) is 24.3 Å². The molecule has 1 aliphatic carbocycles. The lowest BCUT2D eigenvalue weighted by Crippen LogP contribution is -2.40. The summed E-state index contributed by atoms with van der Waals surface area (Å²) < 4.78 is 6.29. The topological polar surface area (TPSA) is 36.7 Å². The first kappa shape index (κ1) is 24.1. The van der Waals surface area contributed by atoms with Crippen LogP contribution < -0.4 is 15.2 Å². The molecule has 0 amide bonds. The number of nitrogens with zero attached hydrogens (tertiary/aromatic N) is 2. The highest BCUT2D eigenvalue weighted by Crippen LogP contribution is 2.43. The van der Waals surface area contributed by atoms with Gasteiger partial charge in [-0.25, -0.2) is 0 Å². The van der Waals surface area contributed by atoms with Gasteiger partial charge in [0.2, 0.25) is 0 Å². The van der Waals surface area contributed by atoms with Crippen LogP contribution in [0.1, 0.15) is 33.3 Å². The number of benzene rings is 2. The molecule has 0 bridgehead atoms. The van der Waals surface area contributed by atoms with E-state index >= 15 is 0 Å². The zero-order chi connectivity index (χ0) is 24.0. The van der Waals surface area contributed by atoms with Crippen molar-refractivity contribution in [2.45, 2.75) is 27.7 Å². The highest BCUT2D eigenvalue weighted by atomic mass is 16.3. The number of rotatable bonds is 6. The molecule has 0 radical (unpaired) electrons. The molecule has 33 heavy (non-hydrogen) atoms. The van der Waals surface area contributed by atoms with Gasteiger partial charge >= 0.3 is 0 Å². The number of anilines is 2. The van der Waals surface area contributed by atoms with E-state index in [2.05, 4.69) is 48.9 Å². The number of fused-ring (bicyclic) bond motifs is 3. The molecule has 0 saturated heterocycles. The Morgan fingerprint density at radius 2 is 1.67 bits per heavy atom. The lowest BCUT2D eigenvalue weighted by atomic mass is 9.92. The second-order valence-electron chi connectivity index (χ2n) is 7.58. The van der Waals surface area contributed by atoms with Crippen molar-refractivity contribution in [3.05, 3.63) is 89.7 Å². The largest absolute Gasteiger partial charge is 0.456 e. The van der Waals surface area contributed by atoms with Crippen molar-refractivity contribution < 1.29 is 4.42 Å². The van der Waals surface area contributed by atoms with Gasteiger partial charge in [0.1, 0.15) is 11.3 Å². The molecule has 0 saturated carbocycles. The third-order valence-corrected chi connectivity index (χ3v) is 5.87. The van der Waals surface area contributed by atoms with Crippen molar-refractivity contribution >= 4 is 27.9 Å². The van der Waals surface area contributed by atoms with E-state index in [0.29, 0.717) is 5.76 Å². The summed E-state index contributed by atoms with van der Waals surface area (Å²) >= 11 is 0. The molecule has 0 spiro atoms. The summed E-state index contributed by atoms with van der Waals surface area (Å²) in [4.78, 5) is 16.9.